The van der Waals surface area contributed by atoms with Crippen LogP contribution in [-0.4, -0.2) is 20.9 Å². The second-order valence-corrected chi connectivity index (χ2v) is 4.81. The van der Waals surface area contributed by atoms with Crippen LogP contribution in [0.3, 0.4) is 0 Å². The van der Waals surface area contributed by atoms with Gasteiger partial charge in [0, 0.05) is 23.8 Å². The number of para-hydroxylation sites is 1. The third-order valence-corrected chi connectivity index (χ3v) is 3.26. The van der Waals surface area contributed by atoms with E-state index in [4.69, 9.17) is 5.11 Å². The molecular weight excluding hydrogens is 259 g/mol. The molecule has 2 aromatic rings. The Bertz CT molecular complexity index is 687. The molecular formula is C15H13FN2O2. The molecule has 0 atom stereocenters. The topological polar surface area (TPSA) is 55.1 Å². The van der Waals surface area contributed by atoms with Crippen molar-refractivity contribution in [2.75, 3.05) is 0 Å². The lowest BCUT2D eigenvalue weighted by Crippen LogP contribution is -2.02. The monoisotopic (exact) mass is 272 g/mol. The first-order valence-corrected chi connectivity index (χ1v) is 6.40. The van der Waals surface area contributed by atoms with Gasteiger partial charge in [-0.2, -0.15) is 5.10 Å². The third-order valence-electron chi connectivity index (χ3n) is 3.26. The Labute approximate surface area is 115 Å². The van der Waals surface area contributed by atoms with E-state index in [2.05, 4.69) is 5.10 Å². The molecule has 20 heavy (non-hydrogen) atoms. The molecule has 1 N–H and O–H groups in total. The zero-order valence-corrected chi connectivity index (χ0v) is 10.7. The van der Waals surface area contributed by atoms with Crippen LogP contribution in [0.25, 0.3) is 11.8 Å². The average Bonchev–Trinajstić information content (AvgIpc) is 3.15. The van der Waals surface area contributed by atoms with Gasteiger partial charge in [-0.25, -0.2) is 13.9 Å². The van der Waals surface area contributed by atoms with Crippen LogP contribution in [0.4, 0.5) is 4.39 Å². The van der Waals surface area contributed by atoms with Crippen LogP contribution in [0.1, 0.15) is 30.0 Å². The predicted molar refractivity (Wildman–Crippen MR) is 72.2 cm³/mol. The lowest BCUT2D eigenvalue weighted by Gasteiger charge is -2.07. The fraction of sp³-hybridized carbons (Fsp3) is 0.200. The molecule has 4 nitrogen and oxygen atoms in total. The Balaban J connectivity index is 2.03. The second kappa shape index (κ2) is 4.92. The van der Waals surface area contributed by atoms with Crippen molar-refractivity contribution >= 4 is 12.0 Å². The number of aromatic nitrogens is 2. The molecule has 1 fully saturated rings. The molecule has 1 aromatic carbocycles. The molecule has 0 amide bonds. The summed E-state index contributed by atoms with van der Waals surface area (Å²) in [4.78, 5) is 10.6. The van der Waals surface area contributed by atoms with Gasteiger partial charge in [-0.15, -0.1) is 0 Å². The molecule has 0 unspecified atom stereocenters. The molecule has 0 aliphatic heterocycles. The van der Waals surface area contributed by atoms with Crippen LogP contribution in [0.2, 0.25) is 0 Å². The Kier molecular flexibility index (Phi) is 3.10. The van der Waals surface area contributed by atoms with Crippen molar-refractivity contribution in [3.8, 4) is 5.69 Å². The molecule has 0 radical (unpaired) electrons. The second-order valence-electron chi connectivity index (χ2n) is 4.81. The minimum Gasteiger partial charge on any atom is -0.478 e. The number of aliphatic carboxylic acids is 1. The number of carbonyl (C=O) groups is 1. The lowest BCUT2D eigenvalue weighted by molar-refractivity contribution is -0.131. The Morgan fingerprint density at radius 3 is 2.90 bits per heavy atom. The molecule has 1 heterocycles. The summed E-state index contributed by atoms with van der Waals surface area (Å²) >= 11 is 0. The Morgan fingerprint density at radius 1 is 1.40 bits per heavy atom. The molecule has 0 spiro atoms. The van der Waals surface area contributed by atoms with Gasteiger partial charge in [-0.05, 0) is 31.1 Å². The van der Waals surface area contributed by atoms with Gasteiger partial charge in [-0.1, -0.05) is 12.1 Å². The van der Waals surface area contributed by atoms with Crippen molar-refractivity contribution in [1.29, 1.82) is 0 Å². The molecule has 1 aliphatic rings. The Morgan fingerprint density at radius 2 is 2.20 bits per heavy atom. The molecule has 5 heteroatoms. The van der Waals surface area contributed by atoms with Crippen molar-refractivity contribution in [2.24, 2.45) is 0 Å². The van der Waals surface area contributed by atoms with E-state index in [1.54, 1.807) is 18.3 Å². The average molecular weight is 272 g/mol. The number of rotatable bonds is 4. The van der Waals surface area contributed by atoms with Gasteiger partial charge in [0.15, 0.2) is 0 Å². The van der Waals surface area contributed by atoms with Crippen LogP contribution < -0.4 is 0 Å². The lowest BCUT2D eigenvalue weighted by atomic mass is 10.1. The molecule has 0 saturated heterocycles. The van der Waals surface area contributed by atoms with E-state index >= 15 is 0 Å². The van der Waals surface area contributed by atoms with E-state index in [0.717, 1.165) is 24.6 Å². The molecule has 1 aromatic heterocycles. The minimum absolute atomic E-state index is 0.275. The first kappa shape index (κ1) is 12.6. The van der Waals surface area contributed by atoms with Gasteiger partial charge >= 0.3 is 5.97 Å². The van der Waals surface area contributed by atoms with Gasteiger partial charge in [0.1, 0.15) is 11.5 Å². The highest BCUT2D eigenvalue weighted by molar-refractivity contribution is 5.86. The maximum absolute atomic E-state index is 14.0. The molecule has 0 bridgehead atoms. The third kappa shape index (κ3) is 2.47. The summed E-state index contributed by atoms with van der Waals surface area (Å²) in [6, 6.07) is 6.43. The van der Waals surface area contributed by atoms with Gasteiger partial charge in [0.25, 0.3) is 0 Å². The van der Waals surface area contributed by atoms with Gasteiger partial charge < -0.3 is 5.11 Å². The van der Waals surface area contributed by atoms with Crippen LogP contribution in [0, 0.1) is 5.82 Å². The normalized spacial score (nSPS) is 14.8. The number of nitrogens with zero attached hydrogens (tertiary/aromatic N) is 2. The fourth-order valence-corrected chi connectivity index (χ4v) is 2.13. The summed E-state index contributed by atoms with van der Waals surface area (Å²) in [6.07, 6.45) is 6.33. The molecule has 3 rings (SSSR count). The van der Waals surface area contributed by atoms with Crippen LogP contribution in [-0.2, 0) is 4.79 Å². The molecule has 1 saturated carbocycles. The number of benzene rings is 1. The van der Waals surface area contributed by atoms with Gasteiger partial charge in [0.2, 0.25) is 0 Å². The smallest absolute Gasteiger partial charge is 0.328 e. The van der Waals surface area contributed by atoms with E-state index in [0.29, 0.717) is 11.5 Å². The van der Waals surface area contributed by atoms with Crippen LogP contribution in [0.5, 0.6) is 0 Å². The van der Waals surface area contributed by atoms with Crippen LogP contribution in [0.15, 0.2) is 36.5 Å². The summed E-state index contributed by atoms with van der Waals surface area (Å²) in [5.41, 5.74) is 1.72. The van der Waals surface area contributed by atoms with Crippen molar-refractivity contribution in [1.82, 2.24) is 9.78 Å². The molecule has 102 valence electrons. The zero-order chi connectivity index (χ0) is 14.1. The summed E-state index contributed by atoms with van der Waals surface area (Å²) in [5.74, 6) is -1.01. The van der Waals surface area contributed by atoms with E-state index in [-0.39, 0.29) is 5.69 Å². The van der Waals surface area contributed by atoms with E-state index in [1.807, 2.05) is 6.07 Å². The van der Waals surface area contributed by atoms with Gasteiger partial charge in [0.05, 0.1) is 5.69 Å². The largest absolute Gasteiger partial charge is 0.478 e. The highest BCUT2D eigenvalue weighted by atomic mass is 19.1. The quantitative estimate of drug-likeness (QED) is 0.870. The minimum atomic E-state index is -1.07. The maximum atomic E-state index is 14.0. The summed E-state index contributed by atoms with van der Waals surface area (Å²) in [6.45, 7) is 0. The van der Waals surface area contributed by atoms with Crippen molar-refractivity contribution in [3.63, 3.8) is 0 Å². The zero-order valence-electron chi connectivity index (χ0n) is 10.7. The number of hydrogen-bond acceptors (Lipinski definition) is 2. The van der Waals surface area contributed by atoms with E-state index < -0.39 is 11.8 Å². The summed E-state index contributed by atoms with van der Waals surface area (Å²) < 4.78 is 15.5. The van der Waals surface area contributed by atoms with Crippen molar-refractivity contribution in [2.45, 2.75) is 18.8 Å². The first-order chi connectivity index (χ1) is 9.65. The summed E-state index contributed by atoms with van der Waals surface area (Å²) in [5, 5.41) is 13.1. The number of hydrogen-bond donors (Lipinski definition) is 1. The molecule has 1 aliphatic carbocycles. The van der Waals surface area contributed by atoms with Crippen molar-refractivity contribution < 1.29 is 14.3 Å². The SMILES string of the molecule is O=C(O)/C=C/c1cccc(F)c1-n1ccc(C2CC2)n1. The van der Waals surface area contributed by atoms with E-state index in [9.17, 15) is 9.18 Å². The highest BCUT2D eigenvalue weighted by Crippen LogP contribution is 2.39. The predicted octanol–water partition coefficient (Wildman–Crippen LogP) is 2.99. The number of carboxylic acids is 1. The highest BCUT2D eigenvalue weighted by Gasteiger charge is 2.26. The Hall–Kier alpha value is -2.43. The van der Waals surface area contributed by atoms with Crippen LogP contribution >= 0.6 is 0 Å². The van der Waals surface area contributed by atoms with E-state index in [1.165, 1.54) is 16.8 Å². The van der Waals surface area contributed by atoms with Gasteiger partial charge in [-0.3, -0.25) is 0 Å². The first-order valence-electron chi connectivity index (χ1n) is 6.40. The summed E-state index contributed by atoms with van der Waals surface area (Å²) in [7, 11) is 0. The number of halogens is 1. The number of carboxylic acid groups (broad SMARTS) is 1. The van der Waals surface area contributed by atoms with Crippen molar-refractivity contribution in [3.05, 3.63) is 53.6 Å². The standard InChI is InChI=1S/C15H13FN2O2/c16-12-3-1-2-11(6-7-14(19)20)15(12)18-9-8-13(17-18)10-4-5-10/h1-3,6-10H,4-5H2,(H,19,20)/b7-6+. The maximum Gasteiger partial charge on any atom is 0.328 e. The fourth-order valence-electron chi connectivity index (χ4n) is 2.13.